The van der Waals surface area contributed by atoms with Crippen molar-refractivity contribution in [1.29, 1.82) is 0 Å². The second-order valence-electron chi connectivity index (χ2n) is 6.70. The molecule has 1 unspecified atom stereocenters. The number of H-pyrrole nitrogens is 1. The number of carbonyl (C=O) groups is 1. The summed E-state index contributed by atoms with van der Waals surface area (Å²) in [5.74, 6) is -0.509. The van der Waals surface area contributed by atoms with Crippen LogP contribution in [0.1, 0.15) is 22.1 Å². The fourth-order valence-corrected chi connectivity index (χ4v) is 3.53. The van der Waals surface area contributed by atoms with Crippen LogP contribution in [0.2, 0.25) is 0 Å². The maximum absolute atomic E-state index is 13.4. The maximum Gasteiger partial charge on any atom is 0.267 e. The molecule has 1 saturated heterocycles. The molecule has 1 fully saturated rings. The van der Waals surface area contributed by atoms with Crippen LogP contribution in [-0.4, -0.2) is 48.6 Å². The zero-order chi connectivity index (χ0) is 18.6. The van der Waals surface area contributed by atoms with Crippen molar-refractivity contribution in [2.45, 2.75) is 6.04 Å². The quantitative estimate of drug-likeness (QED) is 0.729. The Bertz CT molecular complexity index is 920. The summed E-state index contributed by atoms with van der Waals surface area (Å²) in [6.07, 6.45) is 0. The second-order valence-corrected chi connectivity index (χ2v) is 6.70. The molecular weight excluding hydrogens is 345 g/mol. The van der Waals surface area contributed by atoms with Gasteiger partial charge in [-0.1, -0.05) is 30.3 Å². The molecule has 0 spiro atoms. The number of carbonyl (C=O) groups excluding carboxylic acids is 1. The van der Waals surface area contributed by atoms with E-state index in [1.807, 2.05) is 18.2 Å². The van der Waals surface area contributed by atoms with Crippen LogP contribution in [0.5, 0.6) is 0 Å². The van der Waals surface area contributed by atoms with Gasteiger partial charge in [-0.2, -0.15) is 0 Å². The van der Waals surface area contributed by atoms with E-state index in [0.717, 1.165) is 18.6 Å². The fourth-order valence-electron chi connectivity index (χ4n) is 3.53. The van der Waals surface area contributed by atoms with Crippen molar-refractivity contribution in [2.75, 3.05) is 32.8 Å². The molecule has 2 aromatic carbocycles. The lowest BCUT2D eigenvalue weighted by molar-refractivity contribution is 0.0162. The van der Waals surface area contributed by atoms with Crippen LogP contribution >= 0.6 is 0 Å². The molecule has 1 aromatic heterocycles. The molecule has 0 aliphatic carbocycles. The van der Waals surface area contributed by atoms with Gasteiger partial charge in [0.2, 0.25) is 0 Å². The number of nitrogens with zero attached hydrogens (tertiary/aromatic N) is 1. The predicted octanol–water partition coefficient (Wildman–Crippen LogP) is 3.11. The molecular formula is C21H22FN3O2. The van der Waals surface area contributed by atoms with Crippen molar-refractivity contribution in [3.8, 4) is 0 Å². The highest BCUT2D eigenvalue weighted by Crippen LogP contribution is 2.22. The number of hydrogen-bond acceptors (Lipinski definition) is 3. The van der Waals surface area contributed by atoms with Crippen LogP contribution in [0.15, 0.2) is 54.6 Å². The van der Waals surface area contributed by atoms with Crippen molar-refractivity contribution < 1.29 is 13.9 Å². The molecule has 0 bridgehead atoms. The van der Waals surface area contributed by atoms with Gasteiger partial charge in [-0.25, -0.2) is 4.39 Å². The van der Waals surface area contributed by atoms with E-state index < -0.39 is 0 Å². The smallest absolute Gasteiger partial charge is 0.267 e. The minimum Gasteiger partial charge on any atom is -0.379 e. The van der Waals surface area contributed by atoms with E-state index in [1.54, 1.807) is 12.1 Å². The molecule has 2 N–H and O–H groups in total. The number of nitrogens with one attached hydrogen (secondary N) is 2. The van der Waals surface area contributed by atoms with Gasteiger partial charge in [-0.15, -0.1) is 0 Å². The van der Waals surface area contributed by atoms with Crippen LogP contribution in [0.4, 0.5) is 4.39 Å². The molecule has 1 amide bonds. The van der Waals surface area contributed by atoms with E-state index >= 15 is 0 Å². The average molecular weight is 367 g/mol. The molecule has 0 radical (unpaired) electrons. The largest absolute Gasteiger partial charge is 0.379 e. The van der Waals surface area contributed by atoms with E-state index in [4.69, 9.17) is 4.74 Å². The number of rotatable bonds is 5. The first-order valence-corrected chi connectivity index (χ1v) is 9.14. The lowest BCUT2D eigenvalue weighted by Gasteiger charge is -2.34. The Hall–Kier alpha value is -2.70. The van der Waals surface area contributed by atoms with Gasteiger partial charge < -0.3 is 15.0 Å². The first kappa shape index (κ1) is 17.7. The van der Waals surface area contributed by atoms with E-state index in [1.165, 1.54) is 17.7 Å². The Labute approximate surface area is 157 Å². The summed E-state index contributed by atoms with van der Waals surface area (Å²) >= 11 is 0. The Morgan fingerprint density at radius 2 is 1.93 bits per heavy atom. The summed E-state index contributed by atoms with van der Waals surface area (Å²) in [6, 6.07) is 16.4. The molecule has 1 atom stereocenters. The van der Waals surface area contributed by atoms with Gasteiger partial charge in [0.1, 0.15) is 11.5 Å². The molecule has 0 saturated carbocycles. The van der Waals surface area contributed by atoms with Gasteiger partial charge in [0.25, 0.3) is 5.91 Å². The number of benzene rings is 2. The third kappa shape index (κ3) is 4.02. The number of ether oxygens (including phenoxy) is 1. The standard InChI is InChI=1S/C21H22FN3O2/c22-17-6-7-18-16(12-17)13-19(24-18)21(26)23-14-20(15-4-2-1-3-5-15)25-8-10-27-11-9-25/h1-7,12-13,20,24H,8-11,14H2,(H,23,26). The first-order valence-electron chi connectivity index (χ1n) is 9.14. The second kappa shape index (κ2) is 7.90. The topological polar surface area (TPSA) is 57.4 Å². The number of aromatic amines is 1. The number of amides is 1. The summed E-state index contributed by atoms with van der Waals surface area (Å²) in [4.78, 5) is 18.0. The summed E-state index contributed by atoms with van der Waals surface area (Å²) in [5.41, 5.74) is 2.34. The summed E-state index contributed by atoms with van der Waals surface area (Å²) < 4.78 is 18.8. The monoisotopic (exact) mass is 367 g/mol. The Balaban J connectivity index is 1.49. The van der Waals surface area contributed by atoms with Gasteiger partial charge in [-0.3, -0.25) is 9.69 Å². The minimum absolute atomic E-state index is 0.0841. The molecule has 6 heteroatoms. The molecule has 27 heavy (non-hydrogen) atoms. The lowest BCUT2D eigenvalue weighted by atomic mass is 10.0. The zero-order valence-corrected chi connectivity index (χ0v) is 15.0. The number of morpholine rings is 1. The molecule has 3 aromatic rings. The van der Waals surface area contributed by atoms with Crippen molar-refractivity contribution >= 4 is 16.8 Å². The first-order chi connectivity index (χ1) is 13.2. The average Bonchev–Trinajstić information content (AvgIpc) is 3.13. The lowest BCUT2D eigenvalue weighted by Crippen LogP contribution is -2.43. The van der Waals surface area contributed by atoms with E-state index in [9.17, 15) is 9.18 Å². The van der Waals surface area contributed by atoms with Gasteiger partial charge in [0.05, 0.1) is 19.3 Å². The van der Waals surface area contributed by atoms with Crippen molar-refractivity contribution in [1.82, 2.24) is 15.2 Å². The van der Waals surface area contributed by atoms with Crippen LogP contribution < -0.4 is 5.32 Å². The zero-order valence-electron chi connectivity index (χ0n) is 15.0. The Morgan fingerprint density at radius 3 is 2.70 bits per heavy atom. The SMILES string of the molecule is O=C(NCC(c1ccccc1)N1CCOCC1)c1cc2cc(F)ccc2[nH]1. The summed E-state index contributed by atoms with van der Waals surface area (Å²) in [5, 5.41) is 3.71. The highest BCUT2D eigenvalue weighted by molar-refractivity contribution is 5.98. The highest BCUT2D eigenvalue weighted by atomic mass is 19.1. The van der Waals surface area contributed by atoms with Crippen molar-refractivity contribution in [3.05, 3.63) is 71.7 Å². The summed E-state index contributed by atoms with van der Waals surface area (Å²) in [6.45, 7) is 3.56. The van der Waals surface area contributed by atoms with E-state index in [2.05, 4.69) is 27.3 Å². The van der Waals surface area contributed by atoms with E-state index in [-0.39, 0.29) is 17.8 Å². The van der Waals surface area contributed by atoms with Gasteiger partial charge in [0.15, 0.2) is 0 Å². The normalized spacial score (nSPS) is 16.3. The molecule has 1 aliphatic rings. The fraction of sp³-hybridized carbons (Fsp3) is 0.286. The number of halogens is 1. The molecule has 2 heterocycles. The maximum atomic E-state index is 13.4. The minimum atomic E-state index is -0.315. The van der Waals surface area contributed by atoms with Crippen molar-refractivity contribution in [2.24, 2.45) is 0 Å². The number of aromatic nitrogens is 1. The third-order valence-corrected chi connectivity index (χ3v) is 4.95. The molecule has 4 rings (SSSR count). The van der Waals surface area contributed by atoms with Gasteiger partial charge in [0, 0.05) is 30.5 Å². The predicted molar refractivity (Wildman–Crippen MR) is 102 cm³/mol. The van der Waals surface area contributed by atoms with Crippen LogP contribution in [0.3, 0.4) is 0 Å². The summed E-state index contributed by atoms with van der Waals surface area (Å²) in [7, 11) is 0. The van der Waals surface area contributed by atoms with Gasteiger partial charge >= 0.3 is 0 Å². The Morgan fingerprint density at radius 1 is 1.15 bits per heavy atom. The highest BCUT2D eigenvalue weighted by Gasteiger charge is 2.23. The Kier molecular flexibility index (Phi) is 5.18. The van der Waals surface area contributed by atoms with Crippen LogP contribution in [-0.2, 0) is 4.74 Å². The molecule has 140 valence electrons. The molecule has 5 nitrogen and oxygen atoms in total. The third-order valence-electron chi connectivity index (χ3n) is 4.95. The molecule has 1 aliphatic heterocycles. The van der Waals surface area contributed by atoms with Gasteiger partial charge in [-0.05, 0) is 29.8 Å². The van der Waals surface area contributed by atoms with E-state index in [0.29, 0.717) is 30.8 Å². The number of fused-ring (bicyclic) bond motifs is 1. The van der Waals surface area contributed by atoms with Crippen LogP contribution in [0.25, 0.3) is 10.9 Å². The van der Waals surface area contributed by atoms with Crippen molar-refractivity contribution in [3.63, 3.8) is 0 Å². The van der Waals surface area contributed by atoms with Crippen LogP contribution in [0, 0.1) is 5.82 Å². The number of hydrogen-bond donors (Lipinski definition) is 2.